The Kier molecular flexibility index (Phi) is 4.19. The number of anilines is 1. The number of nitrogens with zero attached hydrogens (tertiary/aromatic N) is 1. The first-order valence-corrected chi connectivity index (χ1v) is 7.53. The molecule has 2 rings (SSSR count). The Morgan fingerprint density at radius 1 is 1.32 bits per heavy atom. The van der Waals surface area contributed by atoms with E-state index in [1.54, 1.807) is 6.07 Å². The van der Waals surface area contributed by atoms with Crippen molar-refractivity contribution in [1.82, 2.24) is 4.90 Å². The van der Waals surface area contributed by atoms with Gasteiger partial charge in [-0.15, -0.1) is 0 Å². The third-order valence-corrected chi connectivity index (χ3v) is 4.37. The highest BCUT2D eigenvalue weighted by Gasteiger charge is 2.26. The fraction of sp³-hybridized carbons (Fsp3) is 0.533. The highest BCUT2D eigenvalue weighted by atomic mass is 79.9. The maximum Gasteiger partial charge on any atom is 0.255 e. The molecule has 4 heteroatoms. The zero-order valence-electron chi connectivity index (χ0n) is 11.6. The molecule has 2 N–H and O–H groups in total. The zero-order chi connectivity index (χ0) is 14.0. The second-order valence-corrected chi connectivity index (χ2v) is 6.96. The molecule has 1 aromatic carbocycles. The number of nitrogens with two attached hydrogens (primary N) is 1. The molecule has 1 heterocycles. The van der Waals surface area contributed by atoms with Crippen LogP contribution in [-0.2, 0) is 0 Å². The predicted molar refractivity (Wildman–Crippen MR) is 82.1 cm³/mol. The van der Waals surface area contributed by atoms with Gasteiger partial charge in [0.25, 0.3) is 5.91 Å². The molecule has 0 aliphatic carbocycles. The summed E-state index contributed by atoms with van der Waals surface area (Å²) < 4.78 is 0.889. The minimum Gasteiger partial charge on any atom is -0.398 e. The molecule has 1 aromatic rings. The molecule has 0 radical (unpaired) electrons. The van der Waals surface area contributed by atoms with Crippen LogP contribution in [0.4, 0.5) is 5.69 Å². The first-order chi connectivity index (χ1) is 8.89. The van der Waals surface area contributed by atoms with Crippen LogP contribution in [0.15, 0.2) is 22.7 Å². The van der Waals surface area contributed by atoms with E-state index >= 15 is 0 Å². The van der Waals surface area contributed by atoms with Gasteiger partial charge in [0.2, 0.25) is 0 Å². The number of hydrogen-bond donors (Lipinski definition) is 1. The number of halogens is 1. The lowest BCUT2D eigenvalue weighted by molar-refractivity contribution is 0.0758. The normalized spacial score (nSPS) is 19.0. The lowest BCUT2D eigenvalue weighted by atomic mass is 9.85. The fourth-order valence-corrected chi connectivity index (χ4v) is 2.87. The van der Waals surface area contributed by atoms with E-state index in [1.165, 1.54) is 6.42 Å². The molecular weight excluding hydrogens is 304 g/mol. The summed E-state index contributed by atoms with van der Waals surface area (Å²) in [5, 5.41) is 0. The molecule has 1 amide bonds. The second-order valence-electron chi connectivity index (χ2n) is 6.04. The highest BCUT2D eigenvalue weighted by molar-refractivity contribution is 9.10. The minimum atomic E-state index is 0.0523. The van der Waals surface area contributed by atoms with E-state index in [-0.39, 0.29) is 5.91 Å². The van der Waals surface area contributed by atoms with Crippen molar-refractivity contribution >= 4 is 27.5 Å². The molecule has 1 aliphatic heterocycles. The molecule has 0 atom stereocenters. The largest absolute Gasteiger partial charge is 0.398 e. The van der Waals surface area contributed by atoms with Gasteiger partial charge in [-0.3, -0.25) is 4.79 Å². The molecule has 19 heavy (non-hydrogen) atoms. The Bertz CT molecular complexity index is 485. The van der Waals surface area contributed by atoms with Gasteiger partial charge in [0, 0.05) is 23.2 Å². The number of amides is 1. The van der Waals surface area contributed by atoms with E-state index in [1.807, 2.05) is 17.0 Å². The third kappa shape index (κ3) is 3.50. The number of hydrogen-bond acceptors (Lipinski definition) is 2. The Balaban J connectivity index is 2.17. The topological polar surface area (TPSA) is 46.3 Å². The van der Waals surface area contributed by atoms with Gasteiger partial charge in [-0.1, -0.05) is 29.8 Å². The summed E-state index contributed by atoms with van der Waals surface area (Å²) in [7, 11) is 0. The van der Waals surface area contributed by atoms with Crippen molar-refractivity contribution in [3.05, 3.63) is 28.2 Å². The fourth-order valence-electron chi connectivity index (χ4n) is 2.51. The Hall–Kier alpha value is -1.03. The number of rotatable bonds is 1. The molecule has 0 aromatic heterocycles. The van der Waals surface area contributed by atoms with Crippen molar-refractivity contribution in [2.24, 2.45) is 5.41 Å². The second kappa shape index (κ2) is 5.53. The smallest absolute Gasteiger partial charge is 0.255 e. The first kappa shape index (κ1) is 14.4. The van der Waals surface area contributed by atoms with Crippen LogP contribution in [0.25, 0.3) is 0 Å². The number of benzene rings is 1. The van der Waals surface area contributed by atoms with Crippen molar-refractivity contribution in [3.63, 3.8) is 0 Å². The quantitative estimate of drug-likeness (QED) is 0.801. The molecule has 1 saturated heterocycles. The van der Waals surface area contributed by atoms with Gasteiger partial charge < -0.3 is 10.6 Å². The van der Waals surface area contributed by atoms with Crippen LogP contribution in [0.3, 0.4) is 0 Å². The monoisotopic (exact) mass is 324 g/mol. The highest BCUT2D eigenvalue weighted by Crippen LogP contribution is 2.30. The SMILES string of the molecule is CC1(C)CCCN(C(=O)c2cc(Br)ccc2N)CC1. The minimum absolute atomic E-state index is 0.0523. The van der Waals surface area contributed by atoms with Crippen molar-refractivity contribution in [2.45, 2.75) is 33.1 Å². The molecular formula is C15H21BrN2O. The molecule has 1 fully saturated rings. The first-order valence-electron chi connectivity index (χ1n) is 6.73. The molecule has 0 bridgehead atoms. The Labute approximate surface area is 123 Å². The summed E-state index contributed by atoms with van der Waals surface area (Å²) >= 11 is 3.40. The summed E-state index contributed by atoms with van der Waals surface area (Å²) in [4.78, 5) is 14.5. The van der Waals surface area contributed by atoms with Crippen LogP contribution in [0.5, 0.6) is 0 Å². The molecule has 0 spiro atoms. The van der Waals surface area contributed by atoms with Crippen molar-refractivity contribution in [2.75, 3.05) is 18.8 Å². The van der Waals surface area contributed by atoms with E-state index in [0.717, 1.165) is 30.4 Å². The van der Waals surface area contributed by atoms with Gasteiger partial charge in [0.05, 0.1) is 5.56 Å². The Morgan fingerprint density at radius 3 is 2.79 bits per heavy atom. The average Bonchev–Trinajstić information content (AvgIpc) is 2.52. The number of nitrogen functional groups attached to an aromatic ring is 1. The van der Waals surface area contributed by atoms with Gasteiger partial charge >= 0.3 is 0 Å². The maximum atomic E-state index is 12.6. The van der Waals surface area contributed by atoms with Crippen LogP contribution in [-0.4, -0.2) is 23.9 Å². The number of carbonyl (C=O) groups is 1. The lowest BCUT2D eigenvalue weighted by Gasteiger charge is -2.24. The van der Waals surface area contributed by atoms with Crippen molar-refractivity contribution in [1.29, 1.82) is 0 Å². The summed E-state index contributed by atoms with van der Waals surface area (Å²) in [6.07, 6.45) is 3.28. The van der Waals surface area contributed by atoms with E-state index in [9.17, 15) is 4.79 Å². The summed E-state index contributed by atoms with van der Waals surface area (Å²) in [6.45, 7) is 6.19. The lowest BCUT2D eigenvalue weighted by Crippen LogP contribution is -2.32. The van der Waals surface area contributed by atoms with Crippen LogP contribution in [0, 0.1) is 5.41 Å². The maximum absolute atomic E-state index is 12.6. The van der Waals surface area contributed by atoms with Crippen molar-refractivity contribution in [3.8, 4) is 0 Å². The van der Waals surface area contributed by atoms with E-state index in [4.69, 9.17) is 5.73 Å². The standard InChI is InChI=1S/C15H21BrN2O/c1-15(2)6-3-8-18(9-7-15)14(19)12-10-11(16)4-5-13(12)17/h4-5,10H,3,6-9,17H2,1-2H3. The summed E-state index contributed by atoms with van der Waals surface area (Å²) in [5.74, 6) is 0.0523. The zero-order valence-corrected chi connectivity index (χ0v) is 13.2. The van der Waals surface area contributed by atoms with Crippen LogP contribution in [0.1, 0.15) is 43.5 Å². The third-order valence-electron chi connectivity index (χ3n) is 3.87. The molecule has 3 nitrogen and oxygen atoms in total. The van der Waals surface area contributed by atoms with Gasteiger partial charge in [-0.25, -0.2) is 0 Å². The van der Waals surface area contributed by atoms with Crippen LogP contribution >= 0.6 is 15.9 Å². The van der Waals surface area contributed by atoms with Gasteiger partial charge in [-0.05, 0) is 42.9 Å². The van der Waals surface area contributed by atoms with Gasteiger partial charge in [0.15, 0.2) is 0 Å². The van der Waals surface area contributed by atoms with Crippen LogP contribution in [0.2, 0.25) is 0 Å². The van der Waals surface area contributed by atoms with E-state index in [2.05, 4.69) is 29.8 Å². The number of carbonyl (C=O) groups excluding carboxylic acids is 1. The summed E-state index contributed by atoms with van der Waals surface area (Å²) in [5.41, 5.74) is 7.41. The number of likely N-dealkylation sites (tertiary alicyclic amines) is 1. The molecule has 0 unspecified atom stereocenters. The van der Waals surface area contributed by atoms with Gasteiger partial charge in [0.1, 0.15) is 0 Å². The predicted octanol–water partition coefficient (Wildman–Crippen LogP) is 3.68. The molecule has 104 valence electrons. The molecule has 1 aliphatic rings. The van der Waals surface area contributed by atoms with Crippen LogP contribution < -0.4 is 5.73 Å². The average molecular weight is 325 g/mol. The summed E-state index contributed by atoms with van der Waals surface area (Å²) in [6, 6.07) is 5.45. The van der Waals surface area contributed by atoms with E-state index < -0.39 is 0 Å². The molecule has 0 saturated carbocycles. The van der Waals surface area contributed by atoms with E-state index in [0.29, 0.717) is 16.7 Å². The van der Waals surface area contributed by atoms with Gasteiger partial charge in [-0.2, -0.15) is 0 Å². The Morgan fingerprint density at radius 2 is 2.05 bits per heavy atom. The van der Waals surface area contributed by atoms with Crippen molar-refractivity contribution < 1.29 is 4.79 Å².